The molecule has 1 aliphatic heterocycles. The molecule has 2 aromatic rings. The van der Waals surface area contributed by atoms with Gasteiger partial charge in [-0.2, -0.15) is 0 Å². The van der Waals surface area contributed by atoms with Gasteiger partial charge in [-0.1, -0.05) is 48.5 Å². The topological polar surface area (TPSA) is 75.7 Å². The van der Waals surface area contributed by atoms with E-state index in [0.717, 1.165) is 5.56 Å². The molecule has 2 aromatic carbocycles. The van der Waals surface area contributed by atoms with Crippen molar-refractivity contribution in [2.45, 2.75) is 31.5 Å². The molecule has 0 saturated carbocycles. The Balaban J connectivity index is 1.68. The fourth-order valence-electron chi connectivity index (χ4n) is 3.33. The fraction of sp³-hybridized carbons (Fsp3) is 0.286. The van der Waals surface area contributed by atoms with E-state index in [4.69, 9.17) is 16.3 Å². The van der Waals surface area contributed by atoms with Crippen LogP contribution in [0.2, 0.25) is 0 Å². The summed E-state index contributed by atoms with van der Waals surface area (Å²) in [5, 5.41) is 2.17. The van der Waals surface area contributed by atoms with E-state index in [1.807, 2.05) is 36.4 Å². The Morgan fingerprint density at radius 2 is 1.71 bits per heavy atom. The van der Waals surface area contributed by atoms with Crippen molar-refractivity contribution in [3.8, 4) is 0 Å². The van der Waals surface area contributed by atoms with Crippen LogP contribution in [0, 0.1) is 0 Å². The maximum absolute atomic E-state index is 12.6. The number of ether oxygens (including phenoxy) is 1. The lowest BCUT2D eigenvalue weighted by molar-refractivity contribution is -0.149. The van der Waals surface area contributed by atoms with Gasteiger partial charge in [0.2, 0.25) is 0 Å². The van der Waals surface area contributed by atoms with E-state index < -0.39 is 22.9 Å². The zero-order chi connectivity index (χ0) is 20.1. The molecule has 2 amide bonds. The van der Waals surface area contributed by atoms with Crippen molar-refractivity contribution in [1.82, 2.24) is 10.2 Å². The Morgan fingerprint density at radius 1 is 1.11 bits per heavy atom. The third-order valence-corrected chi connectivity index (χ3v) is 4.93. The van der Waals surface area contributed by atoms with E-state index in [-0.39, 0.29) is 25.5 Å². The Hall–Kier alpha value is -2.86. The van der Waals surface area contributed by atoms with Gasteiger partial charge in [-0.05, 0) is 36.2 Å². The second-order valence-corrected chi connectivity index (χ2v) is 7.40. The molecule has 1 fully saturated rings. The van der Waals surface area contributed by atoms with E-state index in [1.165, 1.54) is 4.90 Å². The van der Waals surface area contributed by atoms with Crippen LogP contribution in [0.3, 0.4) is 0 Å². The van der Waals surface area contributed by atoms with Gasteiger partial charge in [0.05, 0.1) is 5.54 Å². The molecule has 1 N–H and O–H groups in total. The normalized spacial score (nSPS) is 21.2. The largest absolute Gasteiger partial charge is 0.459 e. The van der Waals surface area contributed by atoms with Crippen LogP contribution in [0.15, 0.2) is 60.7 Å². The molecule has 7 heteroatoms. The average molecular weight is 401 g/mol. The first-order valence-corrected chi connectivity index (χ1v) is 9.30. The first kappa shape index (κ1) is 19.9. The second-order valence-electron chi connectivity index (χ2n) is 7.07. The predicted molar refractivity (Wildman–Crippen MR) is 105 cm³/mol. The average Bonchev–Trinajstić information content (AvgIpc) is 3.05. The fourth-order valence-corrected chi connectivity index (χ4v) is 3.51. The summed E-state index contributed by atoms with van der Waals surface area (Å²) >= 11 is 5.69. The third-order valence-electron chi connectivity index (χ3n) is 4.71. The molecular weight excluding hydrogens is 380 g/mol. The summed E-state index contributed by atoms with van der Waals surface area (Å²) in [5.41, 5.74) is 0.550. The lowest BCUT2D eigenvalue weighted by atomic mass is 9.97. The summed E-state index contributed by atoms with van der Waals surface area (Å²) in [6.07, 6.45) is 0.220. The van der Waals surface area contributed by atoms with E-state index in [1.54, 1.807) is 31.2 Å². The molecule has 146 valence electrons. The highest BCUT2D eigenvalue weighted by atomic mass is 35.5. The SMILES string of the molecule is CC1(NC(=O)c2ccccc2)CC(C(=O)OCc2ccccc2)N(C(=O)Cl)C1. The number of halogens is 1. The van der Waals surface area contributed by atoms with Crippen LogP contribution >= 0.6 is 11.6 Å². The van der Waals surface area contributed by atoms with Crippen LogP contribution in [0.25, 0.3) is 0 Å². The quantitative estimate of drug-likeness (QED) is 0.474. The number of carbonyl (C=O) groups excluding carboxylic acids is 3. The Kier molecular flexibility index (Phi) is 5.99. The van der Waals surface area contributed by atoms with Crippen molar-refractivity contribution < 1.29 is 19.1 Å². The molecule has 0 bridgehead atoms. The van der Waals surface area contributed by atoms with Crippen LogP contribution in [-0.2, 0) is 16.1 Å². The summed E-state index contributed by atoms with van der Waals surface area (Å²) in [5.74, 6) is -0.820. The summed E-state index contributed by atoms with van der Waals surface area (Å²) in [6, 6.07) is 17.2. The van der Waals surface area contributed by atoms with E-state index in [0.29, 0.717) is 5.56 Å². The molecule has 1 heterocycles. The van der Waals surface area contributed by atoms with Crippen molar-refractivity contribution in [3.05, 3.63) is 71.8 Å². The monoisotopic (exact) mass is 400 g/mol. The number of rotatable bonds is 5. The highest BCUT2D eigenvalue weighted by Crippen LogP contribution is 2.29. The van der Waals surface area contributed by atoms with Gasteiger partial charge in [0, 0.05) is 18.5 Å². The van der Waals surface area contributed by atoms with Crippen LogP contribution in [0.5, 0.6) is 0 Å². The van der Waals surface area contributed by atoms with Gasteiger partial charge in [-0.15, -0.1) is 0 Å². The molecule has 2 atom stereocenters. The Morgan fingerprint density at radius 3 is 2.32 bits per heavy atom. The summed E-state index contributed by atoms with van der Waals surface area (Å²) < 4.78 is 5.37. The number of nitrogens with one attached hydrogen (secondary N) is 1. The molecule has 0 aliphatic carbocycles. The minimum Gasteiger partial charge on any atom is -0.459 e. The number of hydrogen-bond donors (Lipinski definition) is 1. The van der Waals surface area contributed by atoms with Gasteiger partial charge < -0.3 is 15.0 Å². The van der Waals surface area contributed by atoms with E-state index in [2.05, 4.69) is 5.32 Å². The van der Waals surface area contributed by atoms with Gasteiger partial charge in [0.15, 0.2) is 0 Å². The highest BCUT2D eigenvalue weighted by Gasteiger charge is 2.47. The van der Waals surface area contributed by atoms with Crippen molar-refractivity contribution in [3.63, 3.8) is 0 Å². The lowest BCUT2D eigenvalue weighted by Gasteiger charge is -2.25. The predicted octanol–water partition coefficient (Wildman–Crippen LogP) is 3.35. The van der Waals surface area contributed by atoms with E-state index >= 15 is 0 Å². The number of nitrogens with zero attached hydrogens (tertiary/aromatic N) is 1. The van der Waals surface area contributed by atoms with Crippen LogP contribution < -0.4 is 5.32 Å². The number of amides is 2. The highest BCUT2D eigenvalue weighted by molar-refractivity contribution is 6.63. The Bertz CT molecular complexity index is 859. The second kappa shape index (κ2) is 8.44. The number of benzene rings is 2. The van der Waals surface area contributed by atoms with Gasteiger partial charge in [0.25, 0.3) is 5.91 Å². The van der Waals surface area contributed by atoms with Gasteiger partial charge in [-0.3, -0.25) is 9.59 Å². The first-order chi connectivity index (χ1) is 13.4. The Labute approximate surface area is 168 Å². The third kappa shape index (κ3) is 4.70. The van der Waals surface area contributed by atoms with Crippen molar-refractivity contribution in [2.24, 2.45) is 0 Å². The number of likely N-dealkylation sites (tertiary alicyclic amines) is 1. The van der Waals surface area contributed by atoms with Crippen molar-refractivity contribution >= 4 is 28.8 Å². The van der Waals surface area contributed by atoms with Crippen molar-refractivity contribution in [1.29, 1.82) is 0 Å². The van der Waals surface area contributed by atoms with Crippen LogP contribution in [-0.4, -0.2) is 40.3 Å². The van der Waals surface area contributed by atoms with Gasteiger partial charge in [-0.25, -0.2) is 4.79 Å². The lowest BCUT2D eigenvalue weighted by Crippen LogP contribution is -2.48. The summed E-state index contributed by atoms with van der Waals surface area (Å²) in [4.78, 5) is 38.2. The standard InChI is InChI=1S/C21H21ClN2O4/c1-21(23-18(25)16-10-6-3-7-11-16)12-17(24(14-21)20(22)27)19(26)28-13-15-8-4-2-5-9-15/h2-11,17H,12-14H2,1H3,(H,23,25). The van der Waals surface area contributed by atoms with Crippen LogP contribution in [0.4, 0.5) is 4.79 Å². The smallest absolute Gasteiger partial charge is 0.329 e. The van der Waals surface area contributed by atoms with Crippen molar-refractivity contribution in [2.75, 3.05) is 6.54 Å². The number of hydrogen-bond acceptors (Lipinski definition) is 4. The zero-order valence-electron chi connectivity index (χ0n) is 15.4. The van der Waals surface area contributed by atoms with Gasteiger partial charge in [0.1, 0.15) is 12.6 Å². The molecular formula is C21H21ClN2O4. The molecule has 0 spiro atoms. The molecule has 1 saturated heterocycles. The minimum absolute atomic E-state index is 0.105. The molecule has 3 rings (SSSR count). The molecule has 6 nitrogen and oxygen atoms in total. The summed E-state index contributed by atoms with van der Waals surface area (Å²) in [6.45, 7) is 2.01. The maximum atomic E-state index is 12.6. The molecule has 28 heavy (non-hydrogen) atoms. The first-order valence-electron chi connectivity index (χ1n) is 8.92. The number of carbonyl (C=O) groups is 3. The maximum Gasteiger partial charge on any atom is 0.329 e. The molecule has 0 aromatic heterocycles. The van der Waals surface area contributed by atoms with Crippen LogP contribution in [0.1, 0.15) is 29.3 Å². The van der Waals surface area contributed by atoms with E-state index in [9.17, 15) is 14.4 Å². The molecule has 0 radical (unpaired) electrons. The zero-order valence-corrected chi connectivity index (χ0v) is 16.2. The van der Waals surface area contributed by atoms with Gasteiger partial charge >= 0.3 is 11.3 Å². The minimum atomic E-state index is -0.852. The molecule has 2 unspecified atom stereocenters. The molecule has 1 aliphatic rings. The number of esters is 1. The summed E-state index contributed by atoms with van der Waals surface area (Å²) in [7, 11) is 0.